The summed E-state index contributed by atoms with van der Waals surface area (Å²) >= 11 is 0. The lowest BCUT2D eigenvalue weighted by Crippen LogP contribution is -2.25. The zero-order valence-corrected chi connectivity index (χ0v) is 16.5. The summed E-state index contributed by atoms with van der Waals surface area (Å²) in [5.41, 5.74) is 1.85. The average Bonchev–Trinajstić information content (AvgIpc) is 3.26. The Morgan fingerprint density at radius 2 is 1.97 bits per heavy atom. The van der Waals surface area contributed by atoms with E-state index >= 15 is 0 Å². The highest BCUT2D eigenvalue weighted by atomic mass is 16.5. The molecule has 3 rings (SSSR count). The van der Waals surface area contributed by atoms with E-state index in [-0.39, 0.29) is 17.5 Å². The number of hydrogen-bond acceptors (Lipinski definition) is 6. The number of rotatable bonds is 9. The summed E-state index contributed by atoms with van der Waals surface area (Å²) in [7, 11) is 1.60. The molecule has 0 aliphatic carbocycles. The molecule has 0 aliphatic rings. The number of pyridine rings is 1. The first kappa shape index (κ1) is 20.7. The topological polar surface area (TPSA) is 111 Å². The lowest BCUT2D eigenvalue weighted by atomic mass is 10.2. The van der Waals surface area contributed by atoms with Crippen LogP contribution in [0.2, 0.25) is 0 Å². The van der Waals surface area contributed by atoms with Crippen molar-refractivity contribution in [2.24, 2.45) is 0 Å². The molecule has 2 aromatic heterocycles. The lowest BCUT2D eigenvalue weighted by molar-refractivity contribution is -0.116. The highest BCUT2D eigenvalue weighted by molar-refractivity contribution is 5.92. The fourth-order valence-electron chi connectivity index (χ4n) is 2.52. The van der Waals surface area contributed by atoms with Crippen LogP contribution in [-0.4, -0.2) is 45.4 Å². The first-order chi connectivity index (χ1) is 14.6. The number of hydrogen-bond donors (Lipinski definition) is 2. The largest absolute Gasteiger partial charge is 0.497 e. The molecule has 0 radical (unpaired) electrons. The van der Waals surface area contributed by atoms with Crippen molar-refractivity contribution in [3.8, 4) is 5.75 Å². The molecule has 2 N–H and O–H groups in total. The van der Waals surface area contributed by atoms with Crippen LogP contribution in [0.25, 0.3) is 6.08 Å². The molecule has 0 aliphatic heterocycles. The highest BCUT2D eigenvalue weighted by Crippen LogP contribution is 2.12. The van der Waals surface area contributed by atoms with E-state index in [4.69, 9.17) is 4.74 Å². The molecular weight excluding hydrogens is 384 g/mol. The van der Waals surface area contributed by atoms with Gasteiger partial charge >= 0.3 is 0 Å². The van der Waals surface area contributed by atoms with Gasteiger partial charge in [-0.25, -0.2) is 4.68 Å². The number of benzene rings is 1. The van der Waals surface area contributed by atoms with Crippen molar-refractivity contribution in [2.45, 2.75) is 13.1 Å². The molecule has 3 aromatic rings. The molecule has 9 nitrogen and oxygen atoms in total. The van der Waals surface area contributed by atoms with Crippen LogP contribution < -0.4 is 15.4 Å². The van der Waals surface area contributed by atoms with Gasteiger partial charge in [-0.05, 0) is 35.9 Å². The van der Waals surface area contributed by atoms with Gasteiger partial charge in [-0.1, -0.05) is 23.4 Å². The smallest absolute Gasteiger partial charge is 0.273 e. The summed E-state index contributed by atoms with van der Waals surface area (Å²) in [6.45, 7) is 1.05. The number of methoxy groups -OCH3 is 1. The minimum absolute atomic E-state index is 0.205. The third-order valence-corrected chi connectivity index (χ3v) is 4.11. The first-order valence-corrected chi connectivity index (χ1v) is 9.32. The average molecular weight is 406 g/mol. The van der Waals surface area contributed by atoms with Gasteiger partial charge in [-0.3, -0.25) is 14.6 Å². The third-order valence-electron chi connectivity index (χ3n) is 4.11. The monoisotopic (exact) mass is 406 g/mol. The lowest BCUT2D eigenvalue weighted by Gasteiger charge is -2.02. The van der Waals surface area contributed by atoms with Crippen molar-refractivity contribution in [1.29, 1.82) is 0 Å². The Balaban J connectivity index is 1.40. The number of nitrogens with zero attached hydrogens (tertiary/aromatic N) is 4. The minimum atomic E-state index is -0.335. The molecule has 0 atom stereocenters. The number of aromatic nitrogens is 4. The Hall–Kier alpha value is -4.01. The molecule has 2 heterocycles. The summed E-state index contributed by atoms with van der Waals surface area (Å²) in [6.07, 6.45) is 6.37. The molecule has 0 spiro atoms. The van der Waals surface area contributed by atoms with E-state index in [1.807, 2.05) is 42.5 Å². The molecular formula is C21H22N6O3. The zero-order chi connectivity index (χ0) is 21.2. The molecule has 0 saturated heterocycles. The van der Waals surface area contributed by atoms with Crippen LogP contribution in [0.5, 0.6) is 5.75 Å². The van der Waals surface area contributed by atoms with Crippen LogP contribution >= 0.6 is 0 Å². The molecule has 30 heavy (non-hydrogen) atoms. The van der Waals surface area contributed by atoms with Gasteiger partial charge in [0.05, 0.1) is 32.1 Å². The summed E-state index contributed by atoms with van der Waals surface area (Å²) in [5.74, 6) is 0.201. The van der Waals surface area contributed by atoms with Crippen LogP contribution in [0.15, 0.2) is 60.9 Å². The van der Waals surface area contributed by atoms with E-state index in [1.165, 1.54) is 17.0 Å². The van der Waals surface area contributed by atoms with Crippen molar-refractivity contribution >= 4 is 17.9 Å². The predicted molar refractivity (Wildman–Crippen MR) is 110 cm³/mol. The number of carbonyl (C=O) groups is 2. The molecule has 0 saturated carbocycles. The van der Waals surface area contributed by atoms with E-state index in [2.05, 4.69) is 25.9 Å². The number of nitrogens with one attached hydrogen (secondary N) is 2. The van der Waals surface area contributed by atoms with Crippen LogP contribution in [-0.2, 0) is 17.9 Å². The Morgan fingerprint density at radius 3 is 2.70 bits per heavy atom. The van der Waals surface area contributed by atoms with Gasteiger partial charge in [0.2, 0.25) is 5.91 Å². The maximum absolute atomic E-state index is 12.1. The van der Waals surface area contributed by atoms with E-state index in [0.29, 0.717) is 19.6 Å². The van der Waals surface area contributed by atoms with E-state index < -0.39 is 0 Å². The minimum Gasteiger partial charge on any atom is -0.497 e. The normalized spacial score (nSPS) is 10.7. The standard InChI is InChI=1S/C21H22N6O3/c1-30-18-8-5-16(6-9-18)7-10-20(28)23-12-13-27-15-19(25-26-27)21(29)24-14-17-4-2-3-11-22-17/h2-11,15H,12-14H2,1H3,(H,23,28)(H,24,29). The Morgan fingerprint density at radius 1 is 1.13 bits per heavy atom. The van der Waals surface area contributed by atoms with Gasteiger partial charge in [0.1, 0.15) is 5.75 Å². The van der Waals surface area contributed by atoms with Gasteiger partial charge in [0.25, 0.3) is 5.91 Å². The molecule has 1 aromatic carbocycles. The number of amides is 2. The summed E-state index contributed by atoms with van der Waals surface area (Å²) in [6, 6.07) is 12.9. The van der Waals surface area contributed by atoms with Crippen molar-refractivity contribution in [3.05, 3.63) is 77.9 Å². The number of carbonyl (C=O) groups excluding carboxylic acids is 2. The van der Waals surface area contributed by atoms with Gasteiger partial charge in [0.15, 0.2) is 5.69 Å². The quantitative estimate of drug-likeness (QED) is 0.520. The molecule has 154 valence electrons. The maximum Gasteiger partial charge on any atom is 0.273 e. The highest BCUT2D eigenvalue weighted by Gasteiger charge is 2.10. The van der Waals surface area contributed by atoms with Crippen LogP contribution in [0, 0.1) is 0 Å². The molecule has 9 heteroatoms. The van der Waals surface area contributed by atoms with E-state index in [0.717, 1.165) is 17.0 Å². The Labute approximate surface area is 173 Å². The Bertz CT molecular complexity index is 999. The van der Waals surface area contributed by atoms with Gasteiger partial charge in [-0.2, -0.15) is 0 Å². The SMILES string of the molecule is COc1ccc(C=CC(=O)NCCn2cc(C(=O)NCc3ccccn3)nn2)cc1. The fourth-order valence-corrected chi connectivity index (χ4v) is 2.52. The first-order valence-electron chi connectivity index (χ1n) is 9.32. The fraction of sp³-hybridized carbons (Fsp3) is 0.190. The zero-order valence-electron chi connectivity index (χ0n) is 16.5. The summed E-state index contributed by atoms with van der Waals surface area (Å²) in [5, 5.41) is 13.3. The van der Waals surface area contributed by atoms with E-state index in [1.54, 1.807) is 19.4 Å². The third kappa shape index (κ3) is 6.26. The second-order valence-electron chi connectivity index (χ2n) is 6.27. The van der Waals surface area contributed by atoms with Crippen LogP contribution in [0.3, 0.4) is 0 Å². The molecule has 0 unspecified atom stereocenters. The van der Waals surface area contributed by atoms with Crippen molar-refractivity contribution in [2.75, 3.05) is 13.7 Å². The molecule has 0 fully saturated rings. The second kappa shape index (κ2) is 10.5. The van der Waals surface area contributed by atoms with Crippen LogP contribution in [0.4, 0.5) is 0 Å². The van der Waals surface area contributed by atoms with Gasteiger partial charge in [0, 0.05) is 18.8 Å². The second-order valence-corrected chi connectivity index (χ2v) is 6.27. The van der Waals surface area contributed by atoms with Crippen molar-refractivity contribution in [3.63, 3.8) is 0 Å². The van der Waals surface area contributed by atoms with Gasteiger partial charge in [-0.15, -0.1) is 5.10 Å². The van der Waals surface area contributed by atoms with Crippen LogP contribution in [0.1, 0.15) is 21.7 Å². The predicted octanol–water partition coefficient (Wildman–Crippen LogP) is 1.44. The maximum atomic E-state index is 12.1. The molecule has 0 bridgehead atoms. The summed E-state index contributed by atoms with van der Waals surface area (Å²) < 4.78 is 6.60. The van der Waals surface area contributed by atoms with Crippen molar-refractivity contribution in [1.82, 2.24) is 30.6 Å². The Kier molecular flexibility index (Phi) is 7.26. The molecule has 2 amide bonds. The van der Waals surface area contributed by atoms with E-state index in [9.17, 15) is 9.59 Å². The van der Waals surface area contributed by atoms with Gasteiger partial charge < -0.3 is 15.4 Å². The van der Waals surface area contributed by atoms with Crippen molar-refractivity contribution < 1.29 is 14.3 Å². The number of ether oxygens (including phenoxy) is 1. The summed E-state index contributed by atoms with van der Waals surface area (Å²) in [4.78, 5) is 28.2.